The maximum Gasteiger partial charge on any atom is 0.407 e. The highest BCUT2D eigenvalue weighted by Crippen LogP contribution is 2.07. The molecular weight excluding hydrogens is 182 g/mol. The van der Waals surface area contributed by atoms with Gasteiger partial charge in [-0.15, -0.1) is 0 Å². The Morgan fingerprint density at radius 3 is 2.57 bits per heavy atom. The van der Waals surface area contributed by atoms with Crippen LogP contribution in [0.4, 0.5) is 4.79 Å². The summed E-state index contributed by atoms with van der Waals surface area (Å²) in [6.45, 7) is 7.48. The van der Waals surface area contributed by atoms with E-state index in [0.717, 1.165) is 12.8 Å². The Balaban J connectivity index is 3.72. The summed E-state index contributed by atoms with van der Waals surface area (Å²) < 4.78 is 4.89. The summed E-state index contributed by atoms with van der Waals surface area (Å²) in [6.07, 6.45) is 1.40. The summed E-state index contributed by atoms with van der Waals surface area (Å²) in [4.78, 5) is 11.1. The maximum atomic E-state index is 11.1. The number of ether oxygens (including phenoxy) is 1. The predicted octanol–water partition coefficient (Wildman–Crippen LogP) is 1.67. The highest BCUT2D eigenvalue weighted by atomic mass is 16.5. The molecule has 0 saturated heterocycles. The van der Waals surface area contributed by atoms with Crippen LogP contribution in [0.5, 0.6) is 0 Å². The van der Waals surface area contributed by atoms with Crippen molar-refractivity contribution in [3.63, 3.8) is 0 Å². The van der Waals surface area contributed by atoms with Gasteiger partial charge in [-0.2, -0.15) is 0 Å². The van der Waals surface area contributed by atoms with Crippen LogP contribution in [-0.4, -0.2) is 29.4 Å². The molecule has 1 amide bonds. The Morgan fingerprint density at radius 1 is 1.57 bits per heavy atom. The number of rotatable bonds is 5. The fourth-order valence-corrected chi connectivity index (χ4v) is 0.704. The van der Waals surface area contributed by atoms with Gasteiger partial charge in [-0.25, -0.2) is 4.79 Å². The summed E-state index contributed by atoms with van der Waals surface area (Å²) in [5.74, 6) is 0. The number of nitrogens with one attached hydrogen (secondary N) is 1. The number of aliphatic hydroxyl groups is 1. The molecule has 0 aromatic heterocycles. The third-order valence-corrected chi connectivity index (χ3v) is 2.13. The Bertz CT molecular complexity index is 175. The number of hydrogen-bond donors (Lipinski definition) is 2. The minimum Gasteiger partial charge on any atom is -0.450 e. The number of hydrogen-bond acceptors (Lipinski definition) is 3. The Hall–Kier alpha value is -0.770. The van der Waals surface area contributed by atoms with E-state index in [1.54, 1.807) is 20.8 Å². The van der Waals surface area contributed by atoms with Gasteiger partial charge in [0, 0.05) is 0 Å². The first-order valence-corrected chi connectivity index (χ1v) is 5.03. The first-order valence-electron chi connectivity index (χ1n) is 5.03. The van der Waals surface area contributed by atoms with Crippen LogP contribution in [0.1, 0.15) is 40.5 Å². The number of carbonyl (C=O) groups excluding carboxylic acids is 1. The molecule has 0 aliphatic carbocycles. The minimum absolute atomic E-state index is 0.323. The molecule has 0 heterocycles. The predicted molar refractivity (Wildman–Crippen MR) is 55.2 cm³/mol. The highest BCUT2D eigenvalue weighted by molar-refractivity contribution is 5.67. The van der Waals surface area contributed by atoms with Gasteiger partial charge in [-0.05, 0) is 27.2 Å². The van der Waals surface area contributed by atoms with Crippen LogP contribution in [0.25, 0.3) is 0 Å². The second kappa shape index (κ2) is 5.86. The Kier molecular flexibility index (Phi) is 5.53. The molecule has 0 fully saturated rings. The molecule has 0 spiro atoms. The van der Waals surface area contributed by atoms with E-state index in [9.17, 15) is 9.90 Å². The fraction of sp³-hybridized carbons (Fsp3) is 0.900. The van der Waals surface area contributed by atoms with Crippen LogP contribution >= 0.6 is 0 Å². The lowest BCUT2D eigenvalue weighted by atomic mass is 10.0. The molecule has 0 saturated carbocycles. The van der Waals surface area contributed by atoms with Gasteiger partial charge in [0.15, 0.2) is 0 Å². The highest BCUT2D eigenvalue weighted by Gasteiger charge is 2.24. The molecule has 0 aromatic carbocycles. The van der Waals surface area contributed by atoms with Crippen molar-refractivity contribution in [2.75, 3.05) is 6.61 Å². The quantitative estimate of drug-likeness (QED) is 0.668. The molecule has 0 radical (unpaired) electrons. The second-order valence-corrected chi connectivity index (χ2v) is 4.01. The van der Waals surface area contributed by atoms with Crippen LogP contribution < -0.4 is 5.32 Å². The van der Waals surface area contributed by atoms with Crippen LogP contribution in [0.3, 0.4) is 0 Å². The topological polar surface area (TPSA) is 58.6 Å². The van der Waals surface area contributed by atoms with Crippen LogP contribution in [-0.2, 0) is 4.74 Å². The van der Waals surface area contributed by atoms with Crippen molar-refractivity contribution in [3.8, 4) is 0 Å². The molecular formula is C10H21NO3. The first kappa shape index (κ1) is 13.2. The van der Waals surface area contributed by atoms with Gasteiger partial charge in [0.2, 0.25) is 0 Å². The molecule has 2 N–H and O–H groups in total. The summed E-state index contributed by atoms with van der Waals surface area (Å²) >= 11 is 0. The van der Waals surface area contributed by atoms with Gasteiger partial charge in [0.05, 0.1) is 18.2 Å². The van der Waals surface area contributed by atoms with E-state index in [2.05, 4.69) is 5.32 Å². The fourth-order valence-electron chi connectivity index (χ4n) is 0.704. The zero-order valence-corrected chi connectivity index (χ0v) is 9.46. The van der Waals surface area contributed by atoms with E-state index < -0.39 is 11.7 Å². The molecule has 0 unspecified atom stereocenters. The zero-order chi connectivity index (χ0) is 11.2. The molecule has 0 bridgehead atoms. The van der Waals surface area contributed by atoms with Crippen molar-refractivity contribution in [1.29, 1.82) is 0 Å². The van der Waals surface area contributed by atoms with Gasteiger partial charge >= 0.3 is 6.09 Å². The number of alkyl carbamates (subject to hydrolysis) is 1. The molecule has 0 aliphatic rings. The first-order chi connectivity index (χ1) is 6.38. The molecule has 1 atom stereocenters. The molecule has 84 valence electrons. The minimum atomic E-state index is -0.927. The smallest absolute Gasteiger partial charge is 0.407 e. The zero-order valence-electron chi connectivity index (χ0n) is 9.46. The molecule has 4 nitrogen and oxygen atoms in total. The molecule has 14 heavy (non-hydrogen) atoms. The third-order valence-electron chi connectivity index (χ3n) is 2.13. The van der Waals surface area contributed by atoms with E-state index in [0.29, 0.717) is 6.61 Å². The van der Waals surface area contributed by atoms with E-state index >= 15 is 0 Å². The monoisotopic (exact) mass is 203 g/mol. The average Bonchev–Trinajstić information content (AvgIpc) is 2.03. The van der Waals surface area contributed by atoms with Gasteiger partial charge in [-0.1, -0.05) is 13.3 Å². The van der Waals surface area contributed by atoms with E-state index in [1.165, 1.54) is 0 Å². The summed E-state index contributed by atoms with van der Waals surface area (Å²) in [7, 11) is 0. The standard InChI is InChI=1S/C10H21NO3/c1-5-6-7-14-9(12)11-8(2)10(3,4)13/h8,13H,5-7H2,1-4H3,(H,11,12)/t8-/m1/s1. The number of amides is 1. The lowest BCUT2D eigenvalue weighted by molar-refractivity contribution is 0.0407. The molecule has 0 rings (SSSR count). The van der Waals surface area contributed by atoms with Crippen LogP contribution in [0.15, 0.2) is 0 Å². The second-order valence-electron chi connectivity index (χ2n) is 4.01. The lowest BCUT2D eigenvalue weighted by Crippen LogP contribution is -2.47. The largest absolute Gasteiger partial charge is 0.450 e. The number of carbonyl (C=O) groups is 1. The maximum absolute atomic E-state index is 11.1. The van der Waals surface area contributed by atoms with Gasteiger partial charge in [0.1, 0.15) is 0 Å². The van der Waals surface area contributed by atoms with Crippen molar-refractivity contribution in [1.82, 2.24) is 5.32 Å². The van der Waals surface area contributed by atoms with E-state index in [4.69, 9.17) is 4.74 Å². The molecule has 0 aliphatic heterocycles. The molecule has 4 heteroatoms. The summed E-state index contributed by atoms with van der Waals surface area (Å²) in [6, 6.07) is -0.323. The Morgan fingerprint density at radius 2 is 2.14 bits per heavy atom. The normalized spacial score (nSPS) is 13.5. The van der Waals surface area contributed by atoms with Crippen LogP contribution in [0.2, 0.25) is 0 Å². The van der Waals surface area contributed by atoms with Gasteiger partial charge in [-0.3, -0.25) is 0 Å². The average molecular weight is 203 g/mol. The van der Waals surface area contributed by atoms with Gasteiger partial charge in [0.25, 0.3) is 0 Å². The van der Waals surface area contributed by atoms with E-state index in [-0.39, 0.29) is 6.04 Å². The van der Waals surface area contributed by atoms with Gasteiger partial charge < -0.3 is 15.2 Å². The lowest BCUT2D eigenvalue weighted by Gasteiger charge is -2.26. The molecule has 0 aromatic rings. The van der Waals surface area contributed by atoms with Crippen LogP contribution in [0, 0.1) is 0 Å². The third kappa shape index (κ3) is 5.80. The van der Waals surface area contributed by atoms with Crippen molar-refractivity contribution in [2.45, 2.75) is 52.2 Å². The van der Waals surface area contributed by atoms with Crippen molar-refractivity contribution in [3.05, 3.63) is 0 Å². The summed E-state index contributed by atoms with van der Waals surface area (Å²) in [5.41, 5.74) is -0.927. The van der Waals surface area contributed by atoms with Crippen molar-refractivity contribution < 1.29 is 14.6 Å². The Labute approximate surface area is 85.6 Å². The SMILES string of the molecule is CCCCOC(=O)N[C@H](C)C(C)(C)O. The van der Waals surface area contributed by atoms with Crippen molar-refractivity contribution >= 4 is 6.09 Å². The summed E-state index contributed by atoms with van der Waals surface area (Å²) in [5, 5.41) is 12.1. The number of unbranched alkanes of at least 4 members (excludes halogenated alkanes) is 1. The van der Waals surface area contributed by atoms with Crippen molar-refractivity contribution in [2.24, 2.45) is 0 Å². The van der Waals surface area contributed by atoms with E-state index in [1.807, 2.05) is 6.92 Å².